The minimum atomic E-state index is -0.467. The Morgan fingerprint density at radius 2 is 1.74 bits per heavy atom. The standard InChI is InChI=1S/C22H23N3O5S/c1-4-13-30-17-9-7-16(8-10-17)21(27)24-25-22(31)23-20(26)12-6-15-5-11-18(28-2)19(14-15)29-3/h4-12,14H,1,13H2,2-3H3,(H,24,27)(H2,23,25,26,31). The number of nitrogens with one attached hydrogen (secondary N) is 3. The molecule has 3 N–H and O–H groups in total. The Bertz CT molecular complexity index is 974. The highest BCUT2D eigenvalue weighted by atomic mass is 32.1. The lowest BCUT2D eigenvalue weighted by atomic mass is 10.2. The first-order valence-corrected chi connectivity index (χ1v) is 9.52. The van der Waals surface area contributed by atoms with Crippen molar-refractivity contribution in [3.63, 3.8) is 0 Å². The van der Waals surface area contributed by atoms with Crippen molar-refractivity contribution in [2.24, 2.45) is 0 Å². The van der Waals surface area contributed by atoms with E-state index in [0.29, 0.717) is 29.4 Å². The van der Waals surface area contributed by atoms with Crippen LogP contribution in [0.4, 0.5) is 0 Å². The molecular weight excluding hydrogens is 418 g/mol. The van der Waals surface area contributed by atoms with Gasteiger partial charge in [-0.05, 0) is 60.3 Å². The molecule has 0 radical (unpaired) electrons. The van der Waals surface area contributed by atoms with E-state index in [-0.39, 0.29) is 5.11 Å². The molecule has 0 saturated heterocycles. The molecule has 0 bridgehead atoms. The molecule has 0 fully saturated rings. The van der Waals surface area contributed by atoms with Crippen molar-refractivity contribution in [3.05, 3.63) is 72.3 Å². The summed E-state index contributed by atoms with van der Waals surface area (Å²) in [4.78, 5) is 24.2. The van der Waals surface area contributed by atoms with Gasteiger partial charge in [0.2, 0.25) is 5.91 Å². The molecule has 2 aromatic carbocycles. The van der Waals surface area contributed by atoms with E-state index >= 15 is 0 Å². The predicted molar refractivity (Wildman–Crippen MR) is 122 cm³/mol. The van der Waals surface area contributed by atoms with Crippen LogP contribution in [-0.2, 0) is 4.79 Å². The number of benzene rings is 2. The number of methoxy groups -OCH3 is 2. The van der Waals surface area contributed by atoms with Gasteiger partial charge in [-0.1, -0.05) is 18.7 Å². The maximum absolute atomic E-state index is 12.1. The Balaban J connectivity index is 1.82. The number of hydrogen-bond acceptors (Lipinski definition) is 6. The summed E-state index contributed by atoms with van der Waals surface area (Å²) >= 11 is 5.01. The van der Waals surface area contributed by atoms with Gasteiger partial charge < -0.3 is 14.2 Å². The number of hydrazine groups is 1. The second-order valence-corrected chi connectivity index (χ2v) is 6.38. The van der Waals surface area contributed by atoms with E-state index < -0.39 is 11.8 Å². The summed E-state index contributed by atoms with van der Waals surface area (Å²) in [6.07, 6.45) is 4.52. The van der Waals surface area contributed by atoms with Gasteiger partial charge in [0.25, 0.3) is 5.91 Å². The summed E-state index contributed by atoms with van der Waals surface area (Å²) in [7, 11) is 3.07. The molecule has 0 atom stereocenters. The molecule has 0 aliphatic carbocycles. The number of rotatable bonds is 8. The van der Waals surface area contributed by atoms with Crippen LogP contribution in [-0.4, -0.2) is 37.8 Å². The Morgan fingerprint density at radius 3 is 2.39 bits per heavy atom. The van der Waals surface area contributed by atoms with Crippen LogP contribution in [0, 0.1) is 0 Å². The zero-order valence-electron chi connectivity index (χ0n) is 17.1. The number of carbonyl (C=O) groups excluding carboxylic acids is 2. The molecule has 2 aromatic rings. The zero-order valence-corrected chi connectivity index (χ0v) is 18.0. The van der Waals surface area contributed by atoms with Crippen molar-refractivity contribution < 1.29 is 23.8 Å². The average Bonchev–Trinajstić information content (AvgIpc) is 2.79. The summed E-state index contributed by atoms with van der Waals surface area (Å²) in [5.41, 5.74) is 6.02. The molecule has 2 amide bonds. The quantitative estimate of drug-likeness (QED) is 0.251. The smallest absolute Gasteiger partial charge is 0.269 e. The van der Waals surface area contributed by atoms with Crippen molar-refractivity contribution in [1.82, 2.24) is 16.2 Å². The summed E-state index contributed by atoms with van der Waals surface area (Å²) in [5, 5.41) is 2.38. The first kappa shape index (κ1) is 23.4. The molecule has 2 rings (SSSR count). The van der Waals surface area contributed by atoms with Crippen molar-refractivity contribution in [2.45, 2.75) is 0 Å². The van der Waals surface area contributed by atoms with Gasteiger partial charge in [-0.15, -0.1) is 0 Å². The number of hydrogen-bond donors (Lipinski definition) is 3. The highest BCUT2D eigenvalue weighted by molar-refractivity contribution is 7.80. The molecule has 0 spiro atoms. The van der Waals surface area contributed by atoms with Crippen LogP contribution >= 0.6 is 12.2 Å². The molecule has 0 saturated carbocycles. The van der Waals surface area contributed by atoms with E-state index in [4.69, 9.17) is 26.4 Å². The second-order valence-electron chi connectivity index (χ2n) is 5.97. The van der Waals surface area contributed by atoms with Crippen molar-refractivity contribution in [1.29, 1.82) is 0 Å². The van der Waals surface area contributed by atoms with Gasteiger partial charge in [0.15, 0.2) is 16.6 Å². The molecule has 8 nitrogen and oxygen atoms in total. The molecule has 0 unspecified atom stereocenters. The molecule has 9 heteroatoms. The fourth-order valence-corrected chi connectivity index (χ4v) is 2.51. The van der Waals surface area contributed by atoms with Crippen molar-refractivity contribution in [3.8, 4) is 17.2 Å². The largest absolute Gasteiger partial charge is 0.493 e. The fraction of sp³-hybridized carbons (Fsp3) is 0.136. The van der Waals surface area contributed by atoms with Gasteiger partial charge in [0.1, 0.15) is 12.4 Å². The Kier molecular flexibility index (Phi) is 9.06. The van der Waals surface area contributed by atoms with Crippen LogP contribution in [0.3, 0.4) is 0 Å². The van der Waals surface area contributed by atoms with E-state index in [1.807, 2.05) is 0 Å². The summed E-state index contributed by atoms with van der Waals surface area (Å²) in [6.45, 7) is 3.95. The number of thiocarbonyl (C=S) groups is 1. The fourth-order valence-electron chi connectivity index (χ4n) is 2.36. The van der Waals surface area contributed by atoms with Gasteiger partial charge in [-0.3, -0.25) is 25.8 Å². The number of ether oxygens (including phenoxy) is 3. The van der Waals surface area contributed by atoms with E-state index in [1.54, 1.807) is 61.7 Å². The van der Waals surface area contributed by atoms with Crippen molar-refractivity contribution >= 4 is 35.2 Å². The minimum absolute atomic E-state index is 0.0544. The first-order valence-electron chi connectivity index (χ1n) is 9.12. The Hall–Kier alpha value is -3.85. The SMILES string of the molecule is C=CCOc1ccc(C(=O)NNC(=S)NC(=O)C=Cc2ccc(OC)c(OC)c2)cc1. The van der Waals surface area contributed by atoms with Gasteiger partial charge in [-0.25, -0.2) is 0 Å². The van der Waals surface area contributed by atoms with Crippen LogP contribution < -0.4 is 30.4 Å². The lowest BCUT2D eigenvalue weighted by molar-refractivity contribution is -0.115. The van der Waals surface area contributed by atoms with Crippen LogP contribution in [0.2, 0.25) is 0 Å². The highest BCUT2D eigenvalue weighted by Crippen LogP contribution is 2.27. The lowest BCUT2D eigenvalue weighted by Gasteiger charge is -2.10. The maximum Gasteiger partial charge on any atom is 0.269 e. The van der Waals surface area contributed by atoms with E-state index in [9.17, 15) is 9.59 Å². The van der Waals surface area contributed by atoms with Crippen LogP contribution in [0.1, 0.15) is 15.9 Å². The van der Waals surface area contributed by atoms with Crippen molar-refractivity contribution in [2.75, 3.05) is 20.8 Å². The van der Waals surface area contributed by atoms with Crippen LogP contribution in [0.15, 0.2) is 61.2 Å². The predicted octanol–water partition coefficient (Wildman–Crippen LogP) is 2.62. The van der Waals surface area contributed by atoms with Gasteiger partial charge >= 0.3 is 0 Å². The van der Waals surface area contributed by atoms with Gasteiger partial charge in [0, 0.05) is 11.6 Å². The Morgan fingerprint density at radius 1 is 1.03 bits per heavy atom. The van der Waals surface area contributed by atoms with Crippen LogP contribution in [0.5, 0.6) is 17.2 Å². The van der Waals surface area contributed by atoms with E-state index in [0.717, 1.165) is 5.56 Å². The number of carbonyl (C=O) groups is 2. The molecule has 0 heterocycles. The summed E-state index contributed by atoms with van der Waals surface area (Å²) < 4.78 is 15.8. The van der Waals surface area contributed by atoms with E-state index in [2.05, 4.69) is 22.7 Å². The molecule has 0 aliphatic rings. The monoisotopic (exact) mass is 441 g/mol. The third-order valence-corrected chi connectivity index (χ3v) is 4.05. The molecule has 0 aliphatic heterocycles. The minimum Gasteiger partial charge on any atom is -0.493 e. The first-order chi connectivity index (χ1) is 15.0. The molecular formula is C22H23N3O5S. The lowest BCUT2D eigenvalue weighted by Crippen LogP contribution is -2.48. The van der Waals surface area contributed by atoms with Gasteiger partial charge in [0.05, 0.1) is 14.2 Å². The summed E-state index contributed by atoms with van der Waals surface area (Å²) in [5.74, 6) is 0.862. The third kappa shape index (κ3) is 7.48. The molecule has 31 heavy (non-hydrogen) atoms. The zero-order chi connectivity index (χ0) is 22.6. The van der Waals surface area contributed by atoms with E-state index in [1.165, 1.54) is 13.2 Å². The molecule has 162 valence electrons. The number of amides is 2. The topological polar surface area (TPSA) is 97.9 Å². The normalized spacial score (nSPS) is 10.1. The highest BCUT2D eigenvalue weighted by Gasteiger charge is 2.07. The van der Waals surface area contributed by atoms with Crippen LogP contribution in [0.25, 0.3) is 6.08 Å². The molecule has 0 aromatic heterocycles. The average molecular weight is 442 g/mol. The third-order valence-electron chi connectivity index (χ3n) is 3.85. The van der Waals surface area contributed by atoms with Gasteiger partial charge in [-0.2, -0.15) is 0 Å². The Labute approximate surface area is 185 Å². The summed E-state index contributed by atoms with van der Waals surface area (Å²) in [6, 6.07) is 11.8. The maximum atomic E-state index is 12.1. The second kappa shape index (κ2) is 12.0.